The van der Waals surface area contributed by atoms with E-state index in [0.29, 0.717) is 39.3 Å². The van der Waals surface area contributed by atoms with E-state index in [4.69, 9.17) is 30.8 Å². The maximum absolute atomic E-state index is 16.1. The summed E-state index contributed by atoms with van der Waals surface area (Å²) in [7, 11) is 8.18. The summed E-state index contributed by atoms with van der Waals surface area (Å²) in [4.78, 5) is 6.42. The number of rotatable bonds is 69. The van der Waals surface area contributed by atoms with Gasteiger partial charge in [0.15, 0.2) is 0 Å². The number of hydrogen-bond acceptors (Lipinski definition) is 10. The van der Waals surface area contributed by atoms with Crippen molar-refractivity contribution in [3.63, 3.8) is 0 Å². The largest absolute Gasteiger partial charge is 0.475 e. The molecule has 83 heavy (non-hydrogen) atoms. The maximum atomic E-state index is 16.1. The van der Waals surface area contributed by atoms with Crippen molar-refractivity contribution in [2.75, 3.05) is 81.6 Å². The lowest BCUT2D eigenvalue weighted by molar-refractivity contribution is -0.0246. The predicted molar refractivity (Wildman–Crippen MR) is 368 cm³/mol. The summed E-state index contributed by atoms with van der Waals surface area (Å²) in [5.74, 6) is 0.0277. The Labute approximate surface area is 521 Å². The Morgan fingerprint density at radius 2 is 0.410 bits per heavy atom. The molecule has 10 nitrogen and oxygen atoms in total. The average Bonchev–Trinajstić information content (AvgIpc) is 3.48. The Morgan fingerprint density at radius 3 is 0.542 bits per heavy atom. The van der Waals surface area contributed by atoms with Crippen LogP contribution in [0.1, 0.15) is 348 Å². The second-order valence-electron chi connectivity index (χ2n) is 27.4. The van der Waals surface area contributed by atoms with E-state index in [1.165, 1.54) is 289 Å². The number of hydrogen-bond donors (Lipinski definition) is 3. The lowest BCUT2D eigenvalue weighted by atomic mass is 9.94. The van der Waals surface area contributed by atoms with E-state index in [1.54, 1.807) is 0 Å². The van der Waals surface area contributed by atoms with Crippen LogP contribution in [0.4, 0.5) is 0 Å². The van der Waals surface area contributed by atoms with Gasteiger partial charge in [-0.25, -0.2) is 4.57 Å². The molecular formula is C72H153N6O4P. The normalized spacial score (nSPS) is 15.2. The molecule has 0 amide bonds. The first-order valence-corrected chi connectivity index (χ1v) is 38.6. The highest BCUT2D eigenvalue weighted by atomic mass is 31.2. The van der Waals surface area contributed by atoms with Crippen LogP contribution in [0, 0.1) is 17.8 Å². The molecule has 0 bridgehead atoms. The molecule has 0 aromatic rings. The first kappa shape index (κ1) is 82.9. The van der Waals surface area contributed by atoms with Crippen molar-refractivity contribution in [2.24, 2.45) is 35.0 Å². The highest BCUT2D eigenvalue weighted by Gasteiger charge is 2.42. The summed E-state index contributed by atoms with van der Waals surface area (Å²) in [6.07, 6.45) is 65.9. The van der Waals surface area contributed by atoms with Crippen molar-refractivity contribution in [3.8, 4) is 0 Å². The predicted octanol–water partition coefficient (Wildman–Crippen LogP) is 20.6. The van der Waals surface area contributed by atoms with E-state index in [0.717, 1.165) is 38.5 Å². The van der Waals surface area contributed by atoms with Crippen molar-refractivity contribution < 1.29 is 18.1 Å². The van der Waals surface area contributed by atoms with Gasteiger partial charge in [0.05, 0.1) is 18.3 Å². The molecule has 6 N–H and O–H groups in total. The van der Waals surface area contributed by atoms with Gasteiger partial charge >= 0.3 is 7.82 Å². The molecule has 0 aliphatic rings. The quantitative estimate of drug-likeness (QED) is 0.0399. The summed E-state index contributed by atoms with van der Waals surface area (Å²) in [6.45, 7) is 9.98. The fourth-order valence-corrected chi connectivity index (χ4v) is 14.5. The van der Waals surface area contributed by atoms with Crippen LogP contribution in [-0.4, -0.2) is 115 Å². The zero-order chi connectivity index (χ0) is 61.1. The number of nitrogens with two attached hydrogens (primary N) is 3. The van der Waals surface area contributed by atoms with Crippen LogP contribution in [0.5, 0.6) is 0 Å². The first-order valence-electron chi connectivity index (χ1n) is 37.1. The molecule has 0 saturated heterocycles. The SMILES string of the molecule is CCCCCCCCCCCCCCCCCCC(CN)C(CN(C)C)OP(=O)(OC(CN(C)C)C(CN)CCCCCCCCCCCCCCCCCC)OC(CN(C)C)C(CN)CCCCCCCCCCCCCCCCCC. The number of phosphoric ester groups is 1. The van der Waals surface area contributed by atoms with Gasteiger partial charge in [0, 0.05) is 19.6 Å². The fourth-order valence-electron chi connectivity index (χ4n) is 12.7. The molecule has 11 heteroatoms. The van der Waals surface area contributed by atoms with Gasteiger partial charge in [-0.1, -0.05) is 329 Å². The molecule has 0 aromatic carbocycles. The Kier molecular flexibility index (Phi) is 62.0. The van der Waals surface area contributed by atoms with Crippen molar-refractivity contribution in [3.05, 3.63) is 0 Å². The lowest BCUT2D eigenvalue weighted by Gasteiger charge is -2.38. The summed E-state index contributed by atoms with van der Waals surface area (Å²) >= 11 is 0. The molecule has 0 aliphatic heterocycles. The monoisotopic (exact) mass is 1200 g/mol. The zero-order valence-electron chi connectivity index (χ0n) is 57.9. The van der Waals surface area contributed by atoms with E-state index < -0.39 is 26.1 Å². The molecule has 0 heterocycles. The molecule has 0 spiro atoms. The second kappa shape index (κ2) is 62.1. The van der Waals surface area contributed by atoms with Gasteiger partial charge in [0.2, 0.25) is 0 Å². The fraction of sp³-hybridized carbons (Fsp3) is 1.00. The Hall–Kier alpha value is -0.130. The second-order valence-corrected chi connectivity index (χ2v) is 29.0. The first-order chi connectivity index (χ1) is 40.4. The maximum Gasteiger partial charge on any atom is 0.475 e. The smallest absolute Gasteiger partial charge is 0.330 e. The molecule has 6 unspecified atom stereocenters. The van der Waals surface area contributed by atoms with Gasteiger partial charge in [-0.3, -0.25) is 13.6 Å². The van der Waals surface area contributed by atoms with E-state index >= 15 is 4.57 Å². The van der Waals surface area contributed by atoms with Crippen molar-refractivity contribution in [1.29, 1.82) is 0 Å². The number of unbranched alkanes of at least 4 members (excludes halogenated alkanes) is 45. The summed E-state index contributed by atoms with van der Waals surface area (Å²) in [6, 6.07) is 0. The molecule has 0 aliphatic carbocycles. The standard InChI is InChI=1S/C72H153N6O4P/c1-10-13-16-19-22-25-28-31-34-37-40-43-46-49-52-55-58-67(61-73)70(64-76(4)5)80-83(79,81-71(65-77(6)7)68(62-74)59-56-53-50-47-44-41-38-35-32-29-26-23-20-17-14-11-2)82-72(66-78(8)9)69(63-75)60-57-54-51-48-45-42-39-36-33-30-27-24-21-18-15-12-3/h67-72H,10-66,73-75H2,1-9H3. The third-order valence-electron chi connectivity index (χ3n) is 18.2. The van der Waals surface area contributed by atoms with E-state index in [1.807, 2.05) is 0 Å². The molecule has 0 rings (SSSR count). The van der Waals surface area contributed by atoms with Gasteiger partial charge < -0.3 is 31.9 Å². The zero-order valence-corrected chi connectivity index (χ0v) is 58.8. The molecule has 0 radical (unpaired) electrons. The minimum absolute atomic E-state index is 0.00925. The Morgan fingerprint density at radius 1 is 0.265 bits per heavy atom. The van der Waals surface area contributed by atoms with Crippen LogP contribution in [0.15, 0.2) is 0 Å². The van der Waals surface area contributed by atoms with Crippen LogP contribution < -0.4 is 17.2 Å². The van der Waals surface area contributed by atoms with Crippen molar-refractivity contribution in [1.82, 2.24) is 14.7 Å². The topological polar surface area (TPSA) is 133 Å². The Bertz CT molecular complexity index is 1180. The van der Waals surface area contributed by atoms with E-state index in [-0.39, 0.29) is 17.8 Å². The summed E-state index contributed by atoms with van der Waals surface area (Å²) in [5, 5.41) is 0. The average molecular weight is 1200 g/mol. The van der Waals surface area contributed by atoms with Gasteiger partial charge in [0.25, 0.3) is 0 Å². The molecule has 0 saturated carbocycles. The summed E-state index contributed by atoms with van der Waals surface area (Å²) < 4.78 is 37.2. The Balaban J connectivity index is 5.92. The number of phosphoric acid groups is 1. The molecule has 6 atom stereocenters. The molecule has 500 valence electrons. The van der Waals surface area contributed by atoms with Crippen LogP contribution in [-0.2, 0) is 18.1 Å². The van der Waals surface area contributed by atoms with E-state index in [9.17, 15) is 0 Å². The van der Waals surface area contributed by atoms with Gasteiger partial charge in [-0.05, 0) is 98.9 Å². The van der Waals surface area contributed by atoms with Crippen molar-refractivity contribution in [2.45, 2.75) is 367 Å². The van der Waals surface area contributed by atoms with E-state index in [2.05, 4.69) is 77.8 Å². The summed E-state index contributed by atoms with van der Waals surface area (Å²) in [5.41, 5.74) is 20.1. The van der Waals surface area contributed by atoms with Crippen molar-refractivity contribution >= 4 is 7.82 Å². The highest BCUT2D eigenvalue weighted by Crippen LogP contribution is 2.55. The van der Waals surface area contributed by atoms with Gasteiger partial charge in [-0.2, -0.15) is 0 Å². The van der Waals surface area contributed by atoms with Crippen LogP contribution in [0.2, 0.25) is 0 Å². The minimum Gasteiger partial charge on any atom is -0.330 e. The minimum atomic E-state index is -4.23. The molecule has 0 aromatic heterocycles. The van der Waals surface area contributed by atoms with Gasteiger partial charge in [-0.15, -0.1) is 0 Å². The van der Waals surface area contributed by atoms with Crippen LogP contribution in [0.25, 0.3) is 0 Å². The molecule has 0 fully saturated rings. The number of likely N-dealkylation sites (N-methyl/N-ethyl adjacent to an activating group) is 3. The van der Waals surface area contributed by atoms with Gasteiger partial charge in [0.1, 0.15) is 0 Å². The molecular weight excluding hydrogens is 1040 g/mol. The van der Waals surface area contributed by atoms with Crippen LogP contribution in [0.3, 0.4) is 0 Å². The third-order valence-corrected chi connectivity index (χ3v) is 19.8. The third kappa shape index (κ3) is 53.4. The number of nitrogens with zero attached hydrogens (tertiary/aromatic N) is 3. The highest BCUT2D eigenvalue weighted by molar-refractivity contribution is 7.48. The van der Waals surface area contributed by atoms with Crippen LogP contribution >= 0.6 is 7.82 Å². The lowest BCUT2D eigenvalue weighted by Crippen LogP contribution is -2.42.